The van der Waals surface area contributed by atoms with Crippen LogP contribution in [-0.2, 0) is 0 Å². The Morgan fingerprint density at radius 3 is 2.50 bits per heavy atom. The average molecular weight is 241 g/mol. The van der Waals surface area contributed by atoms with Gasteiger partial charge in [0.15, 0.2) is 0 Å². The molecule has 1 nitrogen and oxygen atoms in total. The first-order chi connectivity index (χ1) is 7.54. The molecule has 0 amide bonds. The van der Waals surface area contributed by atoms with E-state index in [9.17, 15) is 0 Å². The smallest absolute Gasteiger partial charge is 0.123 e. The molecule has 1 unspecified atom stereocenters. The van der Waals surface area contributed by atoms with Crippen molar-refractivity contribution in [2.45, 2.75) is 33.6 Å². The number of hydrogen-bond acceptors (Lipinski definition) is 1. The van der Waals surface area contributed by atoms with Crippen LogP contribution in [0.25, 0.3) is 0 Å². The van der Waals surface area contributed by atoms with E-state index >= 15 is 0 Å². The minimum Gasteiger partial charge on any atom is -0.493 e. The Kier molecular flexibility index (Phi) is 5.14. The van der Waals surface area contributed by atoms with Crippen molar-refractivity contribution in [3.63, 3.8) is 0 Å². The minimum absolute atomic E-state index is 0.391. The van der Waals surface area contributed by atoms with Crippen LogP contribution in [0.4, 0.5) is 0 Å². The molecule has 1 aromatic carbocycles. The van der Waals surface area contributed by atoms with Gasteiger partial charge in [-0.15, -0.1) is 11.6 Å². The van der Waals surface area contributed by atoms with Crippen molar-refractivity contribution in [2.24, 2.45) is 5.92 Å². The van der Waals surface area contributed by atoms with Crippen molar-refractivity contribution >= 4 is 11.6 Å². The Labute approximate surface area is 104 Å². The highest BCUT2D eigenvalue weighted by molar-refractivity contribution is 6.18. The molecule has 0 aliphatic rings. The summed E-state index contributed by atoms with van der Waals surface area (Å²) in [7, 11) is 0. The van der Waals surface area contributed by atoms with Crippen LogP contribution in [-0.4, -0.2) is 12.5 Å². The van der Waals surface area contributed by atoms with Crippen LogP contribution < -0.4 is 4.74 Å². The number of ether oxygens (including phenoxy) is 1. The molecule has 1 rings (SSSR count). The van der Waals surface area contributed by atoms with Gasteiger partial charge < -0.3 is 4.74 Å². The first-order valence-corrected chi connectivity index (χ1v) is 6.37. The molecule has 0 N–H and O–H groups in total. The molecule has 1 aromatic rings. The molecular formula is C14H21ClO. The first-order valence-electron chi connectivity index (χ1n) is 5.84. The second-order valence-electron chi connectivity index (χ2n) is 4.77. The Balaban J connectivity index is 2.80. The van der Waals surface area contributed by atoms with Gasteiger partial charge in [0.2, 0.25) is 0 Å². The molecule has 0 saturated carbocycles. The molecule has 2 heteroatoms. The summed E-state index contributed by atoms with van der Waals surface area (Å²) in [6.07, 6.45) is 0. The van der Waals surface area contributed by atoms with Crippen LogP contribution in [0.5, 0.6) is 5.75 Å². The van der Waals surface area contributed by atoms with Gasteiger partial charge in [0.1, 0.15) is 5.75 Å². The van der Waals surface area contributed by atoms with Crippen molar-refractivity contribution in [3.8, 4) is 5.75 Å². The van der Waals surface area contributed by atoms with Crippen LogP contribution in [0, 0.1) is 12.8 Å². The second kappa shape index (κ2) is 6.15. The topological polar surface area (TPSA) is 9.23 Å². The lowest BCUT2D eigenvalue weighted by Gasteiger charge is -2.16. The van der Waals surface area contributed by atoms with E-state index in [0.29, 0.717) is 24.3 Å². The number of rotatable bonds is 5. The summed E-state index contributed by atoms with van der Waals surface area (Å²) in [6.45, 7) is 9.23. The fraction of sp³-hybridized carbons (Fsp3) is 0.571. The van der Waals surface area contributed by atoms with E-state index in [2.05, 4.69) is 45.9 Å². The van der Waals surface area contributed by atoms with E-state index in [0.717, 1.165) is 5.75 Å². The summed E-state index contributed by atoms with van der Waals surface area (Å²) in [4.78, 5) is 0. The molecular weight excluding hydrogens is 220 g/mol. The van der Waals surface area contributed by atoms with E-state index in [-0.39, 0.29) is 0 Å². The maximum atomic E-state index is 5.85. The van der Waals surface area contributed by atoms with E-state index < -0.39 is 0 Å². The van der Waals surface area contributed by atoms with Crippen molar-refractivity contribution < 1.29 is 4.74 Å². The van der Waals surface area contributed by atoms with Crippen LogP contribution in [0.3, 0.4) is 0 Å². The molecule has 16 heavy (non-hydrogen) atoms. The largest absolute Gasteiger partial charge is 0.493 e. The molecule has 0 aliphatic carbocycles. The van der Waals surface area contributed by atoms with Gasteiger partial charge in [0.25, 0.3) is 0 Å². The highest BCUT2D eigenvalue weighted by Crippen LogP contribution is 2.27. The Morgan fingerprint density at radius 1 is 1.25 bits per heavy atom. The molecule has 0 radical (unpaired) electrons. The van der Waals surface area contributed by atoms with Crippen molar-refractivity contribution in [1.82, 2.24) is 0 Å². The van der Waals surface area contributed by atoms with Gasteiger partial charge in [-0.1, -0.05) is 32.9 Å². The number of hydrogen-bond donors (Lipinski definition) is 0. The van der Waals surface area contributed by atoms with Gasteiger partial charge in [0, 0.05) is 11.8 Å². The lowest BCUT2D eigenvalue weighted by atomic mass is 10.0. The average Bonchev–Trinajstić information content (AvgIpc) is 2.25. The van der Waals surface area contributed by atoms with Crippen LogP contribution >= 0.6 is 11.6 Å². The Bertz CT molecular complexity index is 334. The predicted octanol–water partition coefficient (Wildman–Crippen LogP) is 4.37. The fourth-order valence-electron chi connectivity index (χ4n) is 1.52. The first kappa shape index (κ1) is 13.4. The minimum atomic E-state index is 0.391. The zero-order chi connectivity index (χ0) is 12.1. The van der Waals surface area contributed by atoms with Gasteiger partial charge >= 0.3 is 0 Å². The summed E-state index contributed by atoms with van der Waals surface area (Å²) in [5, 5.41) is 0. The van der Waals surface area contributed by atoms with E-state index in [1.807, 2.05) is 0 Å². The van der Waals surface area contributed by atoms with Crippen LogP contribution in [0.1, 0.15) is 37.8 Å². The lowest BCUT2D eigenvalue weighted by Crippen LogP contribution is -2.11. The number of benzene rings is 1. The number of halogens is 1. The van der Waals surface area contributed by atoms with Crippen molar-refractivity contribution in [2.75, 3.05) is 12.5 Å². The Morgan fingerprint density at radius 2 is 1.94 bits per heavy atom. The van der Waals surface area contributed by atoms with Crippen molar-refractivity contribution in [3.05, 3.63) is 29.3 Å². The molecule has 0 fully saturated rings. The van der Waals surface area contributed by atoms with Crippen LogP contribution in [0.2, 0.25) is 0 Å². The summed E-state index contributed by atoms with van der Waals surface area (Å²) in [5.41, 5.74) is 2.50. The molecule has 0 spiro atoms. The second-order valence-corrected chi connectivity index (χ2v) is 5.08. The third-order valence-electron chi connectivity index (χ3n) is 2.58. The van der Waals surface area contributed by atoms with E-state index in [4.69, 9.17) is 16.3 Å². The molecule has 0 heterocycles. The van der Waals surface area contributed by atoms with E-state index in [1.54, 1.807) is 0 Å². The van der Waals surface area contributed by atoms with Crippen LogP contribution in [0.15, 0.2) is 18.2 Å². The molecule has 0 bridgehead atoms. The molecule has 1 atom stereocenters. The van der Waals surface area contributed by atoms with E-state index in [1.165, 1.54) is 11.1 Å². The fourth-order valence-corrected chi connectivity index (χ4v) is 1.61. The summed E-state index contributed by atoms with van der Waals surface area (Å²) in [5.74, 6) is 2.53. The monoisotopic (exact) mass is 240 g/mol. The maximum absolute atomic E-state index is 5.85. The summed E-state index contributed by atoms with van der Waals surface area (Å²) < 4.78 is 5.85. The quantitative estimate of drug-likeness (QED) is 0.695. The summed E-state index contributed by atoms with van der Waals surface area (Å²) in [6, 6.07) is 6.39. The van der Waals surface area contributed by atoms with Gasteiger partial charge in [0.05, 0.1) is 6.61 Å². The SMILES string of the molecule is Cc1ccc(C(C)C)c(OCC(C)CCl)c1. The predicted molar refractivity (Wildman–Crippen MR) is 70.6 cm³/mol. The standard InChI is InChI=1S/C14H21ClO/c1-10(2)13-6-5-11(3)7-14(13)16-9-12(4)8-15/h5-7,10,12H,8-9H2,1-4H3. The zero-order valence-corrected chi connectivity index (χ0v) is 11.3. The number of aryl methyl sites for hydroxylation is 1. The number of alkyl halides is 1. The maximum Gasteiger partial charge on any atom is 0.123 e. The van der Waals surface area contributed by atoms with Gasteiger partial charge in [-0.25, -0.2) is 0 Å². The molecule has 0 aliphatic heterocycles. The third-order valence-corrected chi connectivity index (χ3v) is 3.10. The normalized spacial score (nSPS) is 12.9. The van der Waals surface area contributed by atoms with Gasteiger partial charge in [-0.3, -0.25) is 0 Å². The lowest BCUT2D eigenvalue weighted by molar-refractivity contribution is 0.269. The van der Waals surface area contributed by atoms with Gasteiger partial charge in [-0.05, 0) is 30.0 Å². The third kappa shape index (κ3) is 3.71. The molecule has 0 aromatic heterocycles. The highest BCUT2D eigenvalue weighted by atomic mass is 35.5. The molecule has 0 saturated heterocycles. The summed E-state index contributed by atoms with van der Waals surface area (Å²) >= 11 is 5.77. The van der Waals surface area contributed by atoms with Gasteiger partial charge in [-0.2, -0.15) is 0 Å². The Hall–Kier alpha value is -0.690. The van der Waals surface area contributed by atoms with Crippen molar-refractivity contribution in [1.29, 1.82) is 0 Å². The molecule has 90 valence electrons. The zero-order valence-electron chi connectivity index (χ0n) is 10.6. The highest BCUT2D eigenvalue weighted by Gasteiger charge is 2.09.